The van der Waals surface area contributed by atoms with Gasteiger partial charge in [-0.3, -0.25) is 0 Å². The molecule has 1 unspecified atom stereocenters. The van der Waals surface area contributed by atoms with Crippen LogP contribution in [-0.4, -0.2) is 0 Å². The van der Waals surface area contributed by atoms with Crippen molar-refractivity contribution in [2.45, 2.75) is 31.1 Å². The van der Waals surface area contributed by atoms with Gasteiger partial charge in [-0.1, -0.05) is 188 Å². The molecule has 0 amide bonds. The van der Waals surface area contributed by atoms with Crippen molar-refractivity contribution in [2.24, 2.45) is 0 Å². The Morgan fingerprint density at radius 1 is 0.349 bits per heavy atom. The maximum Gasteiger partial charge on any atom is 0.0722 e. The molecule has 0 N–H and O–H groups in total. The molecule has 0 heteroatoms. The van der Waals surface area contributed by atoms with Crippen molar-refractivity contribution < 1.29 is 0 Å². The highest BCUT2D eigenvalue weighted by molar-refractivity contribution is 6.24. The van der Waals surface area contributed by atoms with Crippen molar-refractivity contribution in [1.82, 2.24) is 0 Å². The average Bonchev–Trinajstić information content (AvgIpc) is 3.82. The van der Waals surface area contributed by atoms with Crippen LogP contribution in [0.2, 0.25) is 0 Å². The number of benzene rings is 10. The molecule has 10 aromatic carbocycles. The second kappa shape index (κ2) is 13.2. The van der Waals surface area contributed by atoms with Gasteiger partial charge in [0.15, 0.2) is 0 Å². The van der Waals surface area contributed by atoms with E-state index < -0.39 is 0 Å². The Morgan fingerprint density at radius 3 is 1.79 bits per heavy atom. The van der Waals surface area contributed by atoms with Crippen molar-refractivity contribution in [3.8, 4) is 44.5 Å². The van der Waals surface area contributed by atoms with Gasteiger partial charge in [-0.05, 0) is 176 Å². The highest BCUT2D eigenvalue weighted by atomic mass is 14.5. The summed E-state index contributed by atoms with van der Waals surface area (Å²) in [6.45, 7) is 0. The standard InChI is InChI=1S/C63H42/c1-2-16-39(17-3-1)44-33-34-54(47-21-7-6-20-46(44)47)61-52-26-10-8-24-50(52)60(51-25-9-11-27-53(51)61)42-31-30-41-37-55-59(38-43(41)36-42)63(58-35-32-40-18-4-5-19-45(40)62(55)58)56-28-14-12-22-48(56)49-23-13-15-29-57(49)63/h1-3,5-12,14-17,19-22,24-38H,4,13,18,23H2. The summed E-state index contributed by atoms with van der Waals surface area (Å²) in [5.74, 6) is 0. The van der Waals surface area contributed by atoms with Crippen LogP contribution in [0.5, 0.6) is 0 Å². The maximum atomic E-state index is 2.58. The summed E-state index contributed by atoms with van der Waals surface area (Å²) < 4.78 is 0. The van der Waals surface area contributed by atoms with E-state index in [0.717, 1.165) is 25.7 Å². The predicted octanol–water partition coefficient (Wildman–Crippen LogP) is 16.7. The first-order chi connectivity index (χ1) is 31.3. The summed E-state index contributed by atoms with van der Waals surface area (Å²) >= 11 is 0. The number of fused-ring (bicyclic) bond motifs is 15. The average molecular weight is 799 g/mol. The fourth-order valence-electron chi connectivity index (χ4n) is 12.4. The van der Waals surface area contributed by atoms with Gasteiger partial charge in [0.2, 0.25) is 0 Å². The summed E-state index contributed by atoms with van der Waals surface area (Å²) in [4.78, 5) is 0. The predicted molar refractivity (Wildman–Crippen MR) is 267 cm³/mol. The van der Waals surface area contributed by atoms with E-state index in [0.29, 0.717) is 0 Å². The van der Waals surface area contributed by atoms with E-state index in [-0.39, 0.29) is 5.41 Å². The largest absolute Gasteiger partial charge is 0.0839 e. The van der Waals surface area contributed by atoms with E-state index in [4.69, 9.17) is 0 Å². The van der Waals surface area contributed by atoms with Gasteiger partial charge in [0.05, 0.1) is 5.41 Å². The van der Waals surface area contributed by atoms with E-state index in [1.54, 1.807) is 0 Å². The zero-order valence-electron chi connectivity index (χ0n) is 35.0. The number of hydrogen-bond donors (Lipinski definition) is 0. The molecule has 0 aromatic heterocycles. The van der Waals surface area contributed by atoms with Crippen LogP contribution in [0.1, 0.15) is 52.6 Å². The van der Waals surface area contributed by atoms with Gasteiger partial charge in [0, 0.05) is 0 Å². The van der Waals surface area contributed by atoms with Crippen LogP contribution in [0.4, 0.5) is 0 Å². The summed E-state index contributed by atoms with van der Waals surface area (Å²) in [7, 11) is 0. The first-order valence-electron chi connectivity index (χ1n) is 22.7. The van der Waals surface area contributed by atoms with E-state index in [2.05, 4.69) is 206 Å². The Hall–Kier alpha value is -7.54. The van der Waals surface area contributed by atoms with Gasteiger partial charge in [0.1, 0.15) is 0 Å². The van der Waals surface area contributed by atoms with Gasteiger partial charge >= 0.3 is 0 Å². The van der Waals surface area contributed by atoms with Crippen molar-refractivity contribution in [3.63, 3.8) is 0 Å². The fourth-order valence-corrected chi connectivity index (χ4v) is 12.4. The molecule has 1 spiro atoms. The summed E-state index contributed by atoms with van der Waals surface area (Å²) in [5.41, 5.74) is 21.7. The molecule has 294 valence electrons. The smallest absolute Gasteiger partial charge is 0.0722 e. The number of hydrogen-bond acceptors (Lipinski definition) is 0. The minimum atomic E-state index is -0.349. The highest BCUT2D eigenvalue weighted by Gasteiger charge is 2.53. The quantitative estimate of drug-likeness (QED) is 0.156. The van der Waals surface area contributed by atoms with Crippen LogP contribution < -0.4 is 0 Å². The molecule has 0 radical (unpaired) electrons. The minimum Gasteiger partial charge on any atom is -0.0839 e. The van der Waals surface area contributed by atoms with E-state index >= 15 is 0 Å². The third-order valence-corrected chi connectivity index (χ3v) is 15.0. The SMILES string of the molecule is C1=CC2=C(CC1)c1ccccc1C21c2cc3cc(-c4c5ccccc5c(-c5ccc(-c6ccccc6)c6ccccc56)c5ccccc45)ccc3cc2-c2c1ccc1c2C=CCC1. The van der Waals surface area contributed by atoms with Crippen molar-refractivity contribution in [3.05, 3.63) is 239 Å². The third kappa shape index (κ3) is 4.76. The molecular formula is C63H42. The van der Waals surface area contributed by atoms with E-state index in [9.17, 15) is 0 Å². The molecular weight excluding hydrogens is 757 g/mol. The lowest BCUT2D eigenvalue weighted by Crippen LogP contribution is -2.27. The highest BCUT2D eigenvalue weighted by Crippen LogP contribution is 2.65. The van der Waals surface area contributed by atoms with Crippen molar-refractivity contribution in [2.75, 3.05) is 0 Å². The van der Waals surface area contributed by atoms with Crippen LogP contribution in [0, 0.1) is 0 Å². The van der Waals surface area contributed by atoms with Crippen LogP contribution in [0.25, 0.3) is 99.2 Å². The number of allylic oxidation sites excluding steroid dienone is 5. The van der Waals surface area contributed by atoms with Gasteiger partial charge < -0.3 is 0 Å². The second-order valence-electron chi connectivity index (χ2n) is 18.0. The summed E-state index contributed by atoms with van der Waals surface area (Å²) in [6.07, 6.45) is 14.1. The topological polar surface area (TPSA) is 0 Å². The molecule has 10 aromatic rings. The zero-order chi connectivity index (χ0) is 41.2. The molecule has 0 saturated heterocycles. The lowest BCUT2D eigenvalue weighted by atomic mass is 9.68. The van der Waals surface area contributed by atoms with E-state index in [1.807, 2.05) is 0 Å². The molecule has 14 rings (SSSR count). The molecule has 0 saturated carbocycles. The van der Waals surface area contributed by atoms with Gasteiger partial charge in [-0.2, -0.15) is 0 Å². The fraction of sp³-hybridized carbons (Fsp3) is 0.0794. The normalized spacial score (nSPS) is 16.8. The molecule has 4 aliphatic rings. The molecule has 0 nitrogen and oxygen atoms in total. The Kier molecular flexibility index (Phi) is 7.37. The molecule has 63 heavy (non-hydrogen) atoms. The van der Waals surface area contributed by atoms with Crippen LogP contribution in [-0.2, 0) is 11.8 Å². The first-order valence-corrected chi connectivity index (χ1v) is 22.7. The Labute approximate surface area is 367 Å². The van der Waals surface area contributed by atoms with Crippen LogP contribution in [0.3, 0.4) is 0 Å². The van der Waals surface area contributed by atoms with Crippen LogP contribution in [0.15, 0.2) is 206 Å². The summed E-state index contributed by atoms with van der Waals surface area (Å²) in [5, 5.41) is 10.2. The van der Waals surface area contributed by atoms with Gasteiger partial charge in [-0.15, -0.1) is 0 Å². The van der Waals surface area contributed by atoms with Crippen molar-refractivity contribution in [1.29, 1.82) is 0 Å². The zero-order valence-corrected chi connectivity index (χ0v) is 35.0. The Bertz CT molecular complexity index is 3670. The maximum absolute atomic E-state index is 2.58. The third-order valence-electron chi connectivity index (χ3n) is 15.0. The monoisotopic (exact) mass is 798 g/mol. The van der Waals surface area contributed by atoms with Gasteiger partial charge in [0.25, 0.3) is 0 Å². The molecule has 4 aliphatic carbocycles. The molecule has 0 aliphatic heterocycles. The molecule has 0 heterocycles. The lowest BCUT2D eigenvalue weighted by Gasteiger charge is -2.32. The van der Waals surface area contributed by atoms with E-state index in [1.165, 1.54) is 132 Å². The summed E-state index contributed by atoms with van der Waals surface area (Å²) in [6, 6.07) is 69.3. The van der Waals surface area contributed by atoms with Crippen LogP contribution >= 0.6 is 0 Å². The minimum absolute atomic E-state index is 0.349. The Morgan fingerprint density at radius 2 is 1.00 bits per heavy atom. The lowest BCUT2D eigenvalue weighted by molar-refractivity contribution is 0.780. The number of rotatable bonds is 3. The molecule has 0 bridgehead atoms. The molecule has 1 atom stereocenters. The molecule has 0 fully saturated rings. The van der Waals surface area contributed by atoms with Crippen molar-refractivity contribution >= 4 is 54.7 Å². The number of aryl methyl sites for hydroxylation is 1. The Balaban J connectivity index is 1.02. The van der Waals surface area contributed by atoms with Gasteiger partial charge in [-0.25, -0.2) is 0 Å². The second-order valence-corrected chi connectivity index (χ2v) is 18.0. The first kappa shape index (κ1) is 35.1.